The lowest BCUT2D eigenvalue weighted by Gasteiger charge is -2.22. The molecule has 0 radical (unpaired) electrons. The van der Waals surface area contributed by atoms with Crippen molar-refractivity contribution in [3.05, 3.63) is 30.1 Å². The Bertz CT molecular complexity index is 831. The highest BCUT2D eigenvalue weighted by molar-refractivity contribution is 6.07. The van der Waals surface area contributed by atoms with Crippen LogP contribution in [0.3, 0.4) is 0 Å². The van der Waals surface area contributed by atoms with Gasteiger partial charge in [-0.05, 0) is 44.0 Å². The van der Waals surface area contributed by atoms with Crippen molar-refractivity contribution in [2.24, 2.45) is 0 Å². The highest BCUT2D eigenvalue weighted by atomic mass is 16.5. The van der Waals surface area contributed by atoms with E-state index in [9.17, 15) is 9.59 Å². The summed E-state index contributed by atoms with van der Waals surface area (Å²) in [4.78, 5) is 32.5. The first kappa shape index (κ1) is 15.6. The molecule has 130 valence electrons. The van der Waals surface area contributed by atoms with Crippen molar-refractivity contribution in [3.63, 3.8) is 0 Å². The van der Waals surface area contributed by atoms with E-state index in [0.29, 0.717) is 24.6 Å². The molecule has 4 rings (SSSR count). The number of amides is 3. The molecule has 3 heterocycles. The molecule has 2 aliphatic heterocycles. The largest absolute Gasteiger partial charge is 0.497 e. The van der Waals surface area contributed by atoms with Crippen LogP contribution in [0.2, 0.25) is 0 Å². The number of carbonyl (C=O) groups excluding carboxylic acids is 2. The molecule has 2 aromatic rings. The number of H-pyrrole nitrogens is 1. The summed E-state index contributed by atoms with van der Waals surface area (Å²) >= 11 is 0. The average molecular weight is 341 g/mol. The van der Waals surface area contributed by atoms with Gasteiger partial charge in [0.2, 0.25) is 0 Å². The second-order valence-corrected chi connectivity index (χ2v) is 6.54. The van der Waals surface area contributed by atoms with E-state index in [0.717, 1.165) is 17.7 Å². The molecule has 1 N–H and O–H groups in total. The van der Waals surface area contributed by atoms with Crippen molar-refractivity contribution in [2.45, 2.75) is 31.8 Å². The number of carbonyl (C=O) groups is 2. The zero-order valence-corrected chi connectivity index (χ0v) is 14.2. The topological polar surface area (TPSA) is 91.4 Å². The summed E-state index contributed by atoms with van der Waals surface area (Å²) < 4.78 is 5.13. The molecule has 0 aliphatic carbocycles. The highest BCUT2D eigenvalue weighted by Gasteiger charge is 2.56. The van der Waals surface area contributed by atoms with Gasteiger partial charge in [0, 0.05) is 12.1 Å². The van der Waals surface area contributed by atoms with E-state index >= 15 is 0 Å². The highest BCUT2D eigenvalue weighted by Crippen LogP contribution is 2.37. The van der Waals surface area contributed by atoms with Crippen LogP contribution in [0, 0.1) is 0 Å². The predicted molar refractivity (Wildman–Crippen MR) is 88.7 cm³/mol. The molecule has 0 spiro atoms. The van der Waals surface area contributed by atoms with Gasteiger partial charge in [0.1, 0.15) is 17.1 Å². The monoisotopic (exact) mass is 341 g/mol. The van der Waals surface area contributed by atoms with E-state index in [4.69, 9.17) is 4.74 Å². The average Bonchev–Trinajstić information content (AvgIpc) is 3.29. The maximum atomic E-state index is 12.7. The zero-order chi connectivity index (χ0) is 17.6. The van der Waals surface area contributed by atoms with E-state index in [1.165, 1.54) is 4.90 Å². The number of aromatic nitrogens is 3. The summed E-state index contributed by atoms with van der Waals surface area (Å²) in [6.45, 7) is 2.57. The number of hydrogen-bond acceptors (Lipinski definition) is 5. The van der Waals surface area contributed by atoms with Crippen LogP contribution in [0.5, 0.6) is 5.75 Å². The number of rotatable bonds is 4. The molecule has 8 heteroatoms. The van der Waals surface area contributed by atoms with Crippen LogP contribution in [-0.2, 0) is 11.3 Å². The fourth-order valence-electron chi connectivity index (χ4n) is 3.54. The van der Waals surface area contributed by atoms with Gasteiger partial charge >= 0.3 is 6.03 Å². The van der Waals surface area contributed by atoms with Crippen LogP contribution in [0.25, 0.3) is 11.4 Å². The molecular formula is C17H19N5O3. The van der Waals surface area contributed by atoms with Crippen molar-refractivity contribution < 1.29 is 14.3 Å². The lowest BCUT2D eigenvalue weighted by molar-refractivity contribution is -0.132. The summed E-state index contributed by atoms with van der Waals surface area (Å²) in [5.74, 6) is 1.60. The van der Waals surface area contributed by atoms with Gasteiger partial charge in [-0.15, -0.1) is 0 Å². The molecule has 3 amide bonds. The summed E-state index contributed by atoms with van der Waals surface area (Å²) in [7, 11) is 1.61. The number of fused-ring (bicyclic) bond motifs is 1. The van der Waals surface area contributed by atoms with E-state index in [1.807, 2.05) is 31.2 Å². The smallest absolute Gasteiger partial charge is 0.328 e. The number of ether oxygens (including phenoxy) is 1. The lowest BCUT2D eigenvalue weighted by atomic mass is 9.99. The van der Waals surface area contributed by atoms with Crippen molar-refractivity contribution in [1.29, 1.82) is 0 Å². The van der Waals surface area contributed by atoms with Gasteiger partial charge in [-0.25, -0.2) is 9.78 Å². The number of aromatic amines is 1. The van der Waals surface area contributed by atoms with Crippen LogP contribution >= 0.6 is 0 Å². The Morgan fingerprint density at radius 3 is 2.72 bits per heavy atom. The van der Waals surface area contributed by atoms with Gasteiger partial charge in [-0.2, -0.15) is 5.10 Å². The van der Waals surface area contributed by atoms with Crippen molar-refractivity contribution in [2.75, 3.05) is 13.7 Å². The third-order valence-electron chi connectivity index (χ3n) is 5.00. The Hall–Kier alpha value is -2.90. The van der Waals surface area contributed by atoms with Gasteiger partial charge in [0.25, 0.3) is 5.91 Å². The zero-order valence-electron chi connectivity index (χ0n) is 14.2. The standard InChI is InChI=1S/C17H19N5O3/c1-17-8-3-9-22(17)16(24)21(15(17)23)10-13-18-14(20-19-13)11-4-6-12(25-2)7-5-11/h4-7H,3,8-10H2,1-2H3,(H,18,19,20). The van der Waals surface area contributed by atoms with Gasteiger partial charge in [-0.1, -0.05) is 0 Å². The Morgan fingerprint density at radius 1 is 1.28 bits per heavy atom. The maximum Gasteiger partial charge on any atom is 0.328 e. The Morgan fingerprint density at radius 2 is 2.04 bits per heavy atom. The number of urea groups is 1. The van der Waals surface area contributed by atoms with Crippen LogP contribution in [-0.4, -0.2) is 56.1 Å². The summed E-state index contributed by atoms with van der Waals surface area (Å²) in [5, 5.41) is 7.01. The molecule has 8 nitrogen and oxygen atoms in total. The van der Waals surface area contributed by atoms with E-state index in [-0.39, 0.29) is 18.5 Å². The van der Waals surface area contributed by atoms with Crippen molar-refractivity contribution in [1.82, 2.24) is 25.0 Å². The third-order valence-corrected chi connectivity index (χ3v) is 5.00. The number of methoxy groups -OCH3 is 1. The first-order valence-electron chi connectivity index (χ1n) is 8.22. The minimum absolute atomic E-state index is 0.104. The lowest BCUT2D eigenvalue weighted by Crippen LogP contribution is -2.41. The van der Waals surface area contributed by atoms with Gasteiger partial charge < -0.3 is 9.64 Å². The Kier molecular flexibility index (Phi) is 3.48. The fraction of sp³-hybridized carbons (Fsp3) is 0.412. The minimum atomic E-state index is -0.698. The second-order valence-electron chi connectivity index (χ2n) is 6.54. The van der Waals surface area contributed by atoms with Gasteiger partial charge in [0.05, 0.1) is 13.7 Å². The Balaban J connectivity index is 1.53. The van der Waals surface area contributed by atoms with Crippen LogP contribution in [0.15, 0.2) is 24.3 Å². The van der Waals surface area contributed by atoms with Gasteiger partial charge in [-0.3, -0.25) is 14.8 Å². The minimum Gasteiger partial charge on any atom is -0.497 e. The molecule has 1 aromatic carbocycles. The number of imide groups is 1. The van der Waals surface area contributed by atoms with Crippen molar-refractivity contribution >= 4 is 11.9 Å². The van der Waals surface area contributed by atoms with Crippen LogP contribution in [0.4, 0.5) is 4.79 Å². The number of benzene rings is 1. The summed E-state index contributed by atoms with van der Waals surface area (Å²) in [5.41, 5.74) is 0.130. The first-order valence-corrected chi connectivity index (χ1v) is 8.22. The van der Waals surface area contributed by atoms with E-state index in [1.54, 1.807) is 12.0 Å². The molecule has 25 heavy (non-hydrogen) atoms. The molecule has 2 saturated heterocycles. The molecule has 0 bridgehead atoms. The Labute approximate surface area is 144 Å². The van der Waals surface area contributed by atoms with Crippen LogP contribution in [0.1, 0.15) is 25.6 Å². The van der Waals surface area contributed by atoms with Crippen LogP contribution < -0.4 is 4.74 Å². The number of nitrogens with zero attached hydrogens (tertiary/aromatic N) is 4. The molecule has 0 saturated carbocycles. The molecule has 1 aromatic heterocycles. The summed E-state index contributed by atoms with van der Waals surface area (Å²) in [6.07, 6.45) is 1.58. The molecule has 1 unspecified atom stereocenters. The molecule has 1 atom stereocenters. The van der Waals surface area contributed by atoms with Crippen molar-refractivity contribution in [3.8, 4) is 17.1 Å². The number of nitrogens with one attached hydrogen (secondary N) is 1. The quantitative estimate of drug-likeness (QED) is 0.856. The molecule has 2 aliphatic rings. The third kappa shape index (κ3) is 2.36. The van der Waals surface area contributed by atoms with Gasteiger partial charge in [0.15, 0.2) is 5.82 Å². The SMILES string of the molecule is COc1ccc(-c2n[nH]c(CN3C(=O)N4CCCC4(C)C3=O)n2)cc1. The maximum absolute atomic E-state index is 12.7. The molecule has 2 fully saturated rings. The number of hydrogen-bond donors (Lipinski definition) is 1. The second kappa shape index (κ2) is 5.58. The normalized spacial score (nSPS) is 22.6. The fourth-order valence-corrected chi connectivity index (χ4v) is 3.54. The first-order chi connectivity index (χ1) is 12.0. The molecular weight excluding hydrogens is 322 g/mol. The summed E-state index contributed by atoms with van der Waals surface area (Å²) in [6, 6.07) is 7.12. The van der Waals surface area contributed by atoms with E-state index < -0.39 is 5.54 Å². The predicted octanol–water partition coefficient (Wildman–Crippen LogP) is 1.80. The van der Waals surface area contributed by atoms with E-state index in [2.05, 4.69) is 15.2 Å².